The lowest BCUT2D eigenvalue weighted by Gasteiger charge is -2.35. The topological polar surface area (TPSA) is 50.5 Å². The minimum Gasteiger partial charge on any atom is -0.394 e. The molecule has 0 aliphatic carbocycles. The molecule has 1 aliphatic rings. The molecule has 1 saturated heterocycles. The van der Waals surface area contributed by atoms with Gasteiger partial charge >= 0.3 is 0 Å². The Morgan fingerprint density at radius 2 is 2.14 bits per heavy atom. The lowest BCUT2D eigenvalue weighted by atomic mass is 10.1. The number of aliphatic hydroxyl groups excluding tert-OH is 1. The van der Waals surface area contributed by atoms with Gasteiger partial charge in [0.1, 0.15) is 0 Å². The Bertz CT molecular complexity index is 611. The summed E-state index contributed by atoms with van der Waals surface area (Å²) in [4.78, 5) is 2.32. The van der Waals surface area contributed by atoms with E-state index in [0.29, 0.717) is 0 Å². The van der Waals surface area contributed by atoms with Gasteiger partial charge in [0, 0.05) is 31.6 Å². The predicted molar refractivity (Wildman–Crippen MR) is 82.1 cm³/mol. The highest BCUT2D eigenvalue weighted by atomic mass is 16.5. The maximum absolute atomic E-state index is 9.34. The molecule has 1 aromatic heterocycles. The number of ether oxygens (including phenoxy) is 1. The maximum Gasteiger partial charge on any atom is 0.0936 e. The second-order valence-corrected chi connectivity index (χ2v) is 5.72. The molecule has 2 aromatic rings. The molecule has 5 nitrogen and oxygen atoms in total. The van der Waals surface area contributed by atoms with E-state index in [2.05, 4.69) is 47.7 Å². The normalized spacial score (nSPS) is 23.8. The average molecular weight is 289 g/mol. The van der Waals surface area contributed by atoms with Crippen LogP contribution in [0.2, 0.25) is 0 Å². The van der Waals surface area contributed by atoms with Gasteiger partial charge in [-0.15, -0.1) is 0 Å². The number of para-hydroxylation sites is 1. The molecule has 0 spiro atoms. The zero-order valence-electron chi connectivity index (χ0n) is 12.7. The number of aryl methyl sites for hydroxylation is 1. The fourth-order valence-corrected chi connectivity index (χ4v) is 3.14. The van der Waals surface area contributed by atoms with Gasteiger partial charge in [-0.2, -0.15) is 5.10 Å². The molecule has 2 heterocycles. The van der Waals surface area contributed by atoms with E-state index in [1.807, 2.05) is 0 Å². The maximum atomic E-state index is 9.34. The van der Waals surface area contributed by atoms with Crippen molar-refractivity contribution in [3.8, 4) is 0 Å². The number of aliphatic hydroxyl groups is 1. The summed E-state index contributed by atoms with van der Waals surface area (Å²) in [7, 11) is 0. The Hall–Kier alpha value is -1.43. The van der Waals surface area contributed by atoms with Gasteiger partial charge in [-0.25, -0.2) is 0 Å². The van der Waals surface area contributed by atoms with Gasteiger partial charge in [-0.1, -0.05) is 18.2 Å². The molecule has 2 unspecified atom stereocenters. The van der Waals surface area contributed by atoms with Crippen molar-refractivity contribution in [2.75, 3.05) is 19.7 Å². The monoisotopic (exact) mass is 289 g/mol. The highest BCUT2D eigenvalue weighted by Gasteiger charge is 2.25. The van der Waals surface area contributed by atoms with Gasteiger partial charge in [0.2, 0.25) is 0 Å². The highest BCUT2D eigenvalue weighted by Crippen LogP contribution is 2.21. The van der Waals surface area contributed by atoms with E-state index in [9.17, 15) is 5.11 Å². The lowest BCUT2D eigenvalue weighted by molar-refractivity contribution is -0.0974. The van der Waals surface area contributed by atoms with Crippen LogP contribution in [0.15, 0.2) is 24.3 Å². The number of nitrogens with zero attached hydrogens (tertiary/aromatic N) is 3. The number of benzene rings is 1. The highest BCUT2D eigenvalue weighted by molar-refractivity contribution is 5.81. The summed E-state index contributed by atoms with van der Waals surface area (Å²) in [6.45, 7) is 7.55. The minimum atomic E-state index is -0.0896. The van der Waals surface area contributed by atoms with Crippen LogP contribution in [0, 0.1) is 0 Å². The molecule has 1 N–H and O–H groups in total. The Kier molecular flexibility index (Phi) is 4.24. The van der Waals surface area contributed by atoms with Crippen LogP contribution in [0.4, 0.5) is 0 Å². The van der Waals surface area contributed by atoms with E-state index in [0.717, 1.165) is 31.9 Å². The van der Waals surface area contributed by atoms with Crippen molar-refractivity contribution < 1.29 is 9.84 Å². The number of hydrogen-bond acceptors (Lipinski definition) is 4. The predicted octanol–water partition coefficient (Wildman–Crippen LogP) is 1.64. The van der Waals surface area contributed by atoms with Crippen molar-refractivity contribution in [1.82, 2.24) is 14.7 Å². The minimum absolute atomic E-state index is 0.0744. The van der Waals surface area contributed by atoms with Gasteiger partial charge < -0.3 is 9.84 Å². The van der Waals surface area contributed by atoms with Crippen molar-refractivity contribution in [2.24, 2.45) is 0 Å². The fraction of sp³-hybridized carbons (Fsp3) is 0.562. The van der Waals surface area contributed by atoms with Gasteiger partial charge in [0.15, 0.2) is 0 Å². The van der Waals surface area contributed by atoms with E-state index in [1.54, 1.807) is 0 Å². The second-order valence-electron chi connectivity index (χ2n) is 5.72. The lowest BCUT2D eigenvalue weighted by Crippen LogP contribution is -2.47. The number of morpholine rings is 1. The molecule has 3 rings (SSSR count). The quantitative estimate of drug-likeness (QED) is 0.929. The van der Waals surface area contributed by atoms with E-state index in [4.69, 9.17) is 9.84 Å². The van der Waals surface area contributed by atoms with Gasteiger partial charge in [-0.3, -0.25) is 9.58 Å². The zero-order chi connectivity index (χ0) is 14.8. The first-order valence-electron chi connectivity index (χ1n) is 7.64. The van der Waals surface area contributed by atoms with Crippen LogP contribution >= 0.6 is 0 Å². The van der Waals surface area contributed by atoms with Gasteiger partial charge in [0.05, 0.1) is 30.0 Å². The standard InChI is InChI=1S/C16H23N3O2/c1-3-19-16-7-5-4-6-14(16)15(17-19)10-18-8-12(2)21-13(9-18)11-20/h4-7,12-13,20H,3,8-11H2,1-2H3. The SMILES string of the molecule is CCn1nc(CN2CC(C)OC(CO)C2)c2ccccc21. The van der Waals surface area contributed by atoms with Crippen molar-refractivity contribution in [2.45, 2.75) is 39.1 Å². The molecule has 5 heteroatoms. The van der Waals surface area contributed by atoms with E-state index >= 15 is 0 Å². The van der Waals surface area contributed by atoms with E-state index in [1.165, 1.54) is 10.9 Å². The van der Waals surface area contributed by atoms with Crippen LogP contribution in [-0.2, 0) is 17.8 Å². The van der Waals surface area contributed by atoms with E-state index in [-0.39, 0.29) is 18.8 Å². The van der Waals surface area contributed by atoms with Gasteiger partial charge in [-0.05, 0) is 19.9 Å². The van der Waals surface area contributed by atoms with Crippen LogP contribution in [-0.4, -0.2) is 51.7 Å². The van der Waals surface area contributed by atoms with Crippen LogP contribution < -0.4 is 0 Å². The smallest absolute Gasteiger partial charge is 0.0936 e. The van der Waals surface area contributed by atoms with Crippen LogP contribution in [0.25, 0.3) is 10.9 Å². The number of fused-ring (bicyclic) bond motifs is 1. The molecular formula is C16H23N3O2. The molecule has 1 aromatic carbocycles. The largest absolute Gasteiger partial charge is 0.394 e. The molecule has 0 bridgehead atoms. The summed E-state index contributed by atoms with van der Waals surface area (Å²) < 4.78 is 7.75. The Balaban J connectivity index is 1.84. The second kappa shape index (κ2) is 6.13. The molecule has 0 saturated carbocycles. The summed E-state index contributed by atoms with van der Waals surface area (Å²) in [5.41, 5.74) is 2.30. The third-order valence-corrected chi connectivity index (χ3v) is 4.01. The van der Waals surface area contributed by atoms with Crippen LogP contribution in [0.5, 0.6) is 0 Å². The molecule has 1 aliphatic heterocycles. The fourth-order valence-electron chi connectivity index (χ4n) is 3.14. The Labute approximate surface area is 125 Å². The Morgan fingerprint density at radius 3 is 2.90 bits per heavy atom. The van der Waals surface area contributed by atoms with Crippen molar-refractivity contribution in [1.29, 1.82) is 0 Å². The molecule has 1 fully saturated rings. The number of rotatable bonds is 4. The molecule has 0 amide bonds. The summed E-state index contributed by atoms with van der Waals surface area (Å²) in [6, 6.07) is 8.37. The number of aromatic nitrogens is 2. The van der Waals surface area contributed by atoms with Crippen molar-refractivity contribution in [3.63, 3.8) is 0 Å². The van der Waals surface area contributed by atoms with Crippen LogP contribution in [0.1, 0.15) is 19.5 Å². The molecule has 2 atom stereocenters. The third kappa shape index (κ3) is 2.95. The number of hydrogen-bond donors (Lipinski definition) is 1. The van der Waals surface area contributed by atoms with E-state index < -0.39 is 0 Å². The zero-order valence-corrected chi connectivity index (χ0v) is 12.7. The first-order valence-corrected chi connectivity index (χ1v) is 7.64. The first kappa shape index (κ1) is 14.5. The third-order valence-electron chi connectivity index (χ3n) is 4.01. The summed E-state index contributed by atoms with van der Waals surface area (Å²) in [5, 5.41) is 15.3. The summed E-state index contributed by atoms with van der Waals surface area (Å²) in [5.74, 6) is 0. The summed E-state index contributed by atoms with van der Waals surface area (Å²) >= 11 is 0. The first-order chi connectivity index (χ1) is 10.2. The Morgan fingerprint density at radius 1 is 1.33 bits per heavy atom. The molecular weight excluding hydrogens is 266 g/mol. The molecule has 114 valence electrons. The van der Waals surface area contributed by atoms with Crippen molar-refractivity contribution >= 4 is 10.9 Å². The summed E-state index contributed by atoms with van der Waals surface area (Å²) in [6.07, 6.45) is 0.0590. The van der Waals surface area contributed by atoms with Gasteiger partial charge in [0.25, 0.3) is 0 Å². The molecule has 21 heavy (non-hydrogen) atoms. The van der Waals surface area contributed by atoms with Crippen molar-refractivity contribution in [3.05, 3.63) is 30.0 Å². The van der Waals surface area contributed by atoms with Crippen LogP contribution in [0.3, 0.4) is 0 Å². The molecule has 0 radical (unpaired) electrons. The average Bonchev–Trinajstić information content (AvgIpc) is 2.85.